The number of hydrogen-bond acceptors (Lipinski definition) is 5. The Morgan fingerprint density at radius 1 is 1.15 bits per heavy atom. The minimum absolute atomic E-state index is 0.0727. The molecule has 0 bridgehead atoms. The molecule has 3 rings (SSSR count). The molecule has 142 valence electrons. The lowest BCUT2D eigenvalue weighted by molar-refractivity contribution is -0.384. The summed E-state index contributed by atoms with van der Waals surface area (Å²) in [5, 5.41) is 17.6. The van der Waals surface area contributed by atoms with Gasteiger partial charge in [-0.15, -0.1) is 0 Å². The summed E-state index contributed by atoms with van der Waals surface area (Å²) in [5.41, 5.74) is 0.691. The molecule has 2 aliphatic rings. The third-order valence-electron chi connectivity index (χ3n) is 5.19. The van der Waals surface area contributed by atoms with E-state index in [0.29, 0.717) is 17.8 Å². The monoisotopic (exact) mass is 361 g/mol. The number of nitrogens with zero attached hydrogens (tertiary/aromatic N) is 1. The molecule has 1 saturated heterocycles. The molecule has 0 radical (unpaired) electrons. The Hall–Kier alpha value is -2.15. The van der Waals surface area contributed by atoms with Gasteiger partial charge in [-0.2, -0.15) is 0 Å². The lowest BCUT2D eigenvalue weighted by Crippen LogP contribution is -2.34. The fourth-order valence-electron chi connectivity index (χ4n) is 3.69. The molecule has 7 nitrogen and oxygen atoms in total. The van der Waals surface area contributed by atoms with E-state index >= 15 is 0 Å². The molecule has 2 fully saturated rings. The number of nitrogens with one attached hydrogen (secondary N) is 2. The first-order valence-corrected chi connectivity index (χ1v) is 9.58. The Morgan fingerprint density at radius 3 is 2.58 bits per heavy atom. The maximum Gasteiger partial charge on any atom is 0.293 e. The Labute approximate surface area is 153 Å². The number of carbonyl (C=O) groups excluding carboxylic acids is 1. The first-order chi connectivity index (χ1) is 12.6. The molecule has 0 spiro atoms. The van der Waals surface area contributed by atoms with E-state index in [0.717, 1.165) is 45.1 Å². The Bertz CT molecular complexity index is 636. The first-order valence-electron chi connectivity index (χ1n) is 9.58. The smallest absolute Gasteiger partial charge is 0.293 e. The van der Waals surface area contributed by atoms with Crippen molar-refractivity contribution < 1.29 is 14.5 Å². The van der Waals surface area contributed by atoms with Gasteiger partial charge in [0, 0.05) is 30.8 Å². The van der Waals surface area contributed by atoms with Crippen molar-refractivity contribution in [3.63, 3.8) is 0 Å². The van der Waals surface area contributed by atoms with Crippen molar-refractivity contribution in [3.8, 4) is 0 Å². The van der Waals surface area contributed by atoms with E-state index in [1.807, 2.05) is 0 Å². The lowest BCUT2D eigenvalue weighted by atomic mass is 10.1. The number of nitro benzene ring substituents is 1. The molecule has 1 aliphatic carbocycles. The number of benzene rings is 1. The predicted octanol–water partition coefficient (Wildman–Crippen LogP) is 3.64. The second kappa shape index (κ2) is 8.98. The van der Waals surface area contributed by atoms with E-state index in [1.54, 1.807) is 12.1 Å². The van der Waals surface area contributed by atoms with E-state index in [2.05, 4.69) is 10.6 Å². The summed E-state index contributed by atoms with van der Waals surface area (Å²) >= 11 is 0. The molecule has 2 N–H and O–H groups in total. The minimum Gasteiger partial charge on any atom is -0.377 e. The summed E-state index contributed by atoms with van der Waals surface area (Å²) in [4.78, 5) is 23.5. The molecule has 1 aromatic carbocycles. The summed E-state index contributed by atoms with van der Waals surface area (Å²) in [7, 11) is 0. The van der Waals surface area contributed by atoms with E-state index in [1.165, 1.54) is 18.9 Å². The largest absolute Gasteiger partial charge is 0.377 e. The van der Waals surface area contributed by atoms with Gasteiger partial charge in [-0.1, -0.05) is 25.7 Å². The van der Waals surface area contributed by atoms with Crippen molar-refractivity contribution in [1.82, 2.24) is 5.32 Å². The molecular formula is C19H27N3O4. The zero-order chi connectivity index (χ0) is 18.4. The number of hydrogen-bond donors (Lipinski definition) is 2. The van der Waals surface area contributed by atoms with Crippen LogP contribution in [0.5, 0.6) is 0 Å². The molecule has 1 heterocycles. The van der Waals surface area contributed by atoms with Crippen LogP contribution in [0.1, 0.15) is 61.7 Å². The highest BCUT2D eigenvalue weighted by atomic mass is 16.6. The van der Waals surface area contributed by atoms with Crippen LogP contribution in [0.25, 0.3) is 0 Å². The second-order valence-corrected chi connectivity index (χ2v) is 7.17. The van der Waals surface area contributed by atoms with Crippen LogP contribution in [0.15, 0.2) is 18.2 Å². The van der Waals surface area contributed by atoms with Gasteiger partial charge < -0.3 is 15.4 Å². The van der Waals surface area contributed by atoms with Crippen molar-refractivity contribution in [3.05, 3.63) is 33.9 Å². The van der Waals surface area contributed by atoms with Gasteiger partial charge in [0.25, 0.3) is 11.6 Å². The zero-order valence-electron chi connectivity index (χ0n) is 15.0. The van der Waals surface area contributed by atoms with Gasteiger partial charge in [-0.25, -0.2) is 0 Å². The lowest BCUT2D eigenvalue weighted by Gasteiger charge is -2.17. The molecular weight excluding hydrogens is 334 g/mol. The van der Waals surface area contributed by atoms with Crippen LogP contribution in [0, 0.1) is 10.1 Å². The van der Waals surface area contributed by atoms with Crippen molar-refractivity contribution in [2.24, 2.45) is 0 Å². The fraction of sp³-hybridized carbons (Fsp3) is 0.632. The molecule has 1 unspecified atom stereocenters. The third kappa shape index (κ3) is 4.94. The van der Waals surface area contributed by atoms with Gasteiger partial charge in [-0.05, 0) is 37.8 Å². The van der Waals surface area contributed by atoms with E-state index in [4.69, 9.17) is 4.74 Å². The molecule has 1 aromatic rings. The number of anilines is 1. The number of carbonyl (C=O) groups is 1. The minimum atomic E-state index is -0.444. The molecule has 1 amide bonds. The fourth-order valence-corrected chi connectivity index (χ4v) is 3.69. The summed E-state index contributed by atoms with van der Waals surface area (Å²) in [6.45, 7) is 1.28. The molecule has 26 heavy (non-hydrogen) atoms. The third-order valence-corrected chi connectivity index (χ3v) is 5.19. The standard InChI is InChI=1S/C19H27N3O4/c23-19(21-15-6-3-1-2-4-7-15)14-9-10-17(18(12-14)22(24)25)20-13-16-8-5-11-26-16/h9-10,12,15-16,20H,1-8,11,13H2,(H,21,23). The van der Waals surface area contributed by atoms with Crippen LogP contribution in [0.4, 0.5) is 11.4 Å². The van der Waals surface area contributed by atoms with Crippen LogP contribution in [-0.4, -0.2) is 36.1 Å². The highest BCUT2D eigenvalue weighted by molar-refractivity contribution is 5.95. The Balaban J connectivity index is 1.66. The number of ether oxygens (including phenoxy) is 1. The summed E-state index contributed by atoms with van der Waals surface area (Å²) in [5.74, 6) is -0.231. The van der Waals surface area contributed by atoms with Crippen molar-refractivity contribution >= 4 is 17.3 Å². The van der Waals surface area contributed by atoms with Gasteiger partial charge in [0.2, 0.25) is 0 Å². The van der Waals surface area contributed by atoms with Gasteiger partial charge in [0.1, 0.15) is 5.69 Å². The van der Waals surface area contributed by atoms with Gasteiger partial charge in [0.05, 0.1) is 11.0 Å². The van der Waals surface area contributed by atoms with Crippen molar-refractivity contribution in [2.75, 3.05) is 18.5 Å². The van der Waals surface area contributed by atoms with Crippen LogP contribution < -0.4 is 10.6 Å². The molecule has 1 atom stereocenters. The molecule has 1 aliphatic heterocycles. The average Bonchev–Trinajstić information content (AvgIpc) is 3.03. The van der Waals surface area contributed by atoms with E-state index < -0.39 is 4.92 Å². The van der Waals surface area contributed by atoms with Gasteiger partial charge >= 0.3 is 0 Å². The maximum absolute atomic E-state index is 12.5. The topological polar surface area (TPSA) is 93.5 Å². The highest BCUT2D eigenvalue weighted by Crippen LogP contribution is 2.27. The van der Waals surface area contributed by atoms with Crippen molar-refractivity contribution in [1.29, 1.82) is 0 Å². The van der Waals surface area contributed by atoms with Crippen LogP contribution in [0.2, 0.25) is 0 Å². The average molecular weight is 361 g/mol. The number of amides is 1. The SMILES string of the molecule is O=C(NC1CCCCCC1)c1ccc(NCC2CCCO2)c([N+](=O)[O-])c1. The summed E-state index contributed by atoms with van der Waals surface area (Å²) < 4.78 is 5.54. The maximum atomic E-state index is 12.5. The Morgan fingerprint density at radius 2 is 1.92 bits per heavy atom. The van der Waals surface area contributed by atoms with Crippen LogP contribution >= 0.6 is 0 Å². The number of rotatable bonds is 6. The van der Waals surface area contributed by atoms with Gasteiger partial charge in [-0.3, -0.25) is 14.9 Å². The van der Waals surface area contributed by atoms with E-state index in [9.17, 15) is 14.9 Å². The summed E-state index contributed by atoms with van der Waals surface area (Å²) in [6.07, 6.45) is 8.70. The zero-order valence-corrected chi connectivity index (χ0v) is 15.0. The van der Waals surface area contributed by atoms with Gasteiger partial charge in [0.15, 0.2) is 0 Å². The summed E-state index contributed by atoms with van der Waals surface area (Å²) in [6, 6.07) is 4.80. The first kappa shape index (κ1) is 18.6. The predicted molar refractivity (Wildman–Crippen MR) is 99.5 cm³/mol. The molecule has 7 heteroatoms. The number of nitro groups is 1. The normalized spacial score (nSPS) is 21.2. The Kier molecular flexibility index (Phi) is 6.44. The van der Waals surface area contributed by atoms with Crippen LogP contribution in [-0.2, 0) is 4.74 Å². The highest BCUT2D eigenvalue weighted by Gasteiger charge is 2.22. The molecule has 0 aromatic heterocycles. The molecule has 1 saturated carbocycles. The van der Waals surface area contributed by atoms with Crippen LogP contribution in [0.3, 0.4) is 0 Å². The van der Waals surface area contributed by atoms with Crippen molar-refractivity contribution in [2.45, 2.75) is 63.5 Å². The van der Waals surface area contributed by atoms with E-state index in [-0.39, 0.29) is 23.7 Å². The second-order valence-electron chi connectivity index (χ2n) is 7.17. The quantitative estimate of drug-likeness (QED) is 0.458.